The summed E-state index contributed by atoms with van der Waals surface area (Å²) in [7, 11) is 0. The number of aromatic nitrogens is 2. The molecule has 4 rings (SSSR count). The van der Waals surface area contributed by atoms with Gasteiger partial charge < -0.3 is 4.90 Å². The number of nitrogens with zero attached hydrogens (tertiary/aromatic N) is 3. The van der Waals surface area contributed by atoms with Crippen molar-refractivity contribution in [2.45, 2.75) is 6.42 Å². The van der Waals surface area contributed by atoms with Crippen molar-refractivity contribution in [3.8, 4) is 0 Å². The van der Waals surface area contributed by atoms with E-state index in [0.717, 1.165) is 35.5 Å². The summed E-state index contributed by atoms with van der Waals surface area (Å²) in [5.41, 5.74) is 0.901. The molecule has 2 amide bonds. The van der Waals surface area contributed by atoms with Gasteiger partial charge in [-0.2, -0.15) is 16.9 Å². The molecule has 0 radical (unpaired) electrons. The number of carbonyl (C=O) groups excluding carboxylic acids is 2. The van der Waals surface area contributed by atoms with Gasteiger partial charge in [-0.1, -0.05) is 12.1 Å². The van der Waals surface area contributed by atoms with Crippen LogP contribution in [-0.2, 0) is 9.59 Å². The molecule has 1 aromatic heterocycles. The molecule has 0 aliphatic carbocycles. The van der Waals surface area contributed by atoms with E-state index in [1.807, 2.05) is 40.9 Å². The van der Waals surface area contributed by atoms with Gasteiger partial charge in [0.1, 0.15) is 0 Å². The molecule has 7 heteroatoms. The molecule has 1 atom stereocenters. The molecule has 2 fully saturated rings. The summed E-state index contributed by atoms with van der Waals surface area (Å²) in [6.07, 6.45) is 0.281. The van der Waals surface area contributed by atoms with Crippen molar-refractivity contribution in [1.29, 1.82) is 0 Å². The Labute approximate surface area is 138 Å². The van der Waals surface area contributed by atoms with Gasteiger partial charge in [-0.3, -0.25) is 19.6 Å². The molecule has 2 aliphatic heterocycles. The first-order valence-corrected chi connectivity index (χ1v) is 8.99. The number of aromatic amines is 1. The Kier molecular flexibility index (Phi) is 3.72. The van der Waals surface area contributed by atoms with Crippen LogP contribution in [0.5, 0.6) is 0 Å². The topological polar surface area (TPSA) is 69.3 Å². The molecule has 2 aromatic rings. The molecular weight excluding hydrogens is 312 g/mol. The van der Waals surface area contributed by atoms with Crippen molar-refractivity contribution < 1.29 is 9.59 Å². The number of amides is 2. The van der Waals surface area contributed by atoms with Crippen LogP contribution in [0.2, 0.25) is 0 Å². The van der Waals surface area contributed by atoms with Gasteiger partial charge in [-0.15, -0.1) is 0 Å². The maximum atomic E-state index is 12.6. The minimum Gasteiger partial charge on any atom is -0.341 e. The molecule has 1 aromatic carbocycles. The van der Waals surface area contributed by atoms with Gasteiger partial charge >= 0.3 is 0 Å². The summed E-state index contributed by atoms with van der Waals surface area (Å²) in [6, 6.07) is 7.73. The minimum atomic E-state index is -0.249. The van der Waals surface area contributed by atoms with Gasteiger partial charge in [0.25, 0.3) is 0 Å². The van der Waals surface area contributed by atoms with E-state index in [9.17, 15) is 9.59 Å². The average molecular weight is 330 g/mol. The molecule has 0 bridgehead atoms. The number of benzene rings is 1. The number of hydrogen-bond donors (Lipinski definition) is 1. The highest BCUT2D eigenvalue weighted by atomic mass is 32.2. The van der Waals surface area contributed by atoms with E-state index in [0.29, 0.717) is 12.4 Å². The zero-order valence-corrected chi connectivity index (χ0v) is 13.5. The summed E-state index contributed by atoms with van der Waals surface area (Å²) in [5.74, 6) is 2.45. The molecule has 2 aliphatic rings. The summed E-state index contributed by atoms with van der Waals surface area (Å²) >= 11 is 1.87. The average Bonchev–Trinajstić information content (AvgIpc) is 3.18. The third kappa shape index (κ3) is 2.59. The highest BCUT2D eigenvalue weighted by Crippen LogP contribution is 2.30. The summed E-state index contributed by atoms with van der Waals surface area (Å²) < 4.78 is 0. The van der Waals surface area contributed by atoms with Gasteiger partial charge in [0, 0.05) is 42.9 Å². The second-order valence-corrected chi connectivity index (χ2v) is 7.16. The quantitative estimate of drug-likeness (QED) is 0.906. The van der Waals surface area contributed by atoms with Crippen LogP contribution in [-0.4, -0.2) is 58.1 Å². The van der Waals surface area contributed by atoms with Crippen LogP contribution in [0.3, 0.4) is 0 Å². The minimum absolute atomic E-state index is 0.0213. The first-order valence-electron chi connectivity index (χ1n) is 7.84. The van der Waals surface area contributed by atoms with Crippen molar-refractivity contribution in [2.24, 2.45) is 5.92 Å². The maximum Gasteiger partial charge on any atom is 0.229 e. The lowest BCUT2D eigenvalue weighted by molar-refractivity contribution is -0.135. The number of nitrogens with one attached hydrogen (secondary N) is 1. The van der Waals surface area contributed by atoms with Crippen LogP contribution >= 0.6 is 11.8 Å². The van der Waals surface area contributed by atoms with E-state index in [4.69, 9.17) is 0 Å². The van der Waals surface area contributed by atoms with E-state index >= 15 is 0 Å². The molecule has 0 spiro atoms. The van der Waals surface area contributed by atoms with Crippen LogP contribution in [0.4, 0.5) is 5.82 Å². The van der Waals surface area contributed by atoms with Gasteiger partial charge in [0.2, 0.25) is 11.8 Å². The van der Waals surface area contributed by atoms with Crippen LogP contribution < -0.4 is 4.90 Å². The third-order valence-electron chi connectivity index (χ3n) is 4.50. The SMILES string of the molecule is O=C(C1CC(=O)N(c2n[nH]c3ccccc23)C1)N1CCSCC1. The standard InChI is InChI=1S/C16H18N4O2S/c21-14-9-11(16(22)19-5-7-23-8-6-19)10-20(14)15-12-3-1-2-4-13(12)17-18-15/h1-4,11H,5-10H2,(H,17,18). The lowest BCUT2D eigenvalue weighted by Gasteiger charge is -2.28. The molecule has 1 unspecified atom stereocenters. The van der Waals surface area contributed by atoms with Crippen LogP contribution in [0.1, 0.15) is 6.42 Å². The largest absolute Gasteiger partial charge is 0.341 e. The predicted octanol–water partition coefficient (Wildman–Crippen LogP) is 1.49. The first kappa shape index (κ1) is 14.6. The van der Waals surface area contributed by atoms with Crippen molar-refractivity contribution in [3.63, 3.8) is 0 Å². The van der Waals surface area contributed by atoms with Crippen molar-refractivity contribution in [1.82, 2.24) is 15.1 Å². The van der Waals surface area contributed by atoms with Crippen LogP contribution in [0.15, 0.2) is 24.3 Å². The van der Waals surface area contributed by atoms with E-state index in [1.54, 1.807) is 4.90 Å². The van der Waals surface area contributed by atoms with E-state index in [2.05, 4.69) is 10.2 Å². The van der Waals surface area contributed by atoms with E-state index in [1.165, 1.54) is 0 Å². The van der Waals surface area contributed by atoms with Crippen LogP contribution in [0.25, 0.3) is 10.9 Å². The molecular formula is C16H18N4O2S. The van der Waals surface area contributed by atoms with Crippen molar-refractivity contribution in [3.05, 3.63) is 24.3 Å². The zero-order valence-electron chi connectivity index (χ0n) is 12.7. The summed E-state index contributed by atoms with van der Waals surface area (Å²) in [6.45, 7) is 2.01. The number of hydrogen-bond acceptors (Lipinski definition) is 4. The highest BCUT2D eigenvalue weighted by Gasteiger charge is 2.38. The molecule has 120 valence electrons. The molecule has 2 saturated heterocycles. The smallest absolute Gasteiger partial charge is 0.229 e. The van der Waals surface area contributed by atoms with Gasteiger partial charge in [0.15, 0.2) is 5.82 Å². The fourth-order valence-electron chi connectivity index (χ4n) is 3.27. The number of thioether (sulfide) groups is 1. The maximum absolute atomic E-state index is 12.6. The monoisotopic (exact) mass is 330 g/mol. The van der Waals surface area contributed by atoms with Gasteiger partial charge in [-0.05, 0) is 12.1 Å². The number of carbonyl (C=O) groups is 2. The molecule has 0 saturated carbocycles. The second kappa shape index (κ2) is 5.88. The highest BCUT2D eigenvalue weighted by molar-refractivity contribution is 7.99. The Bertz CT molecular complexity index is 753. The summed E-state index contributed by atoms with van der Waals surface area (Å²) in [5, 5.41) is 8.16. The number of anilines is 1. The lowest BCUT2D eigenvalue weighted by Crippen LogP contribution is -2.42. The van der Waals surface area contributed by atoms with Crippen LogP contribution in [0, 0.1) is 5.92 Å². The van der Waals surface area contributed by atoms with E-state index in [-0.39, 0.29) is 24.2 Å². The van der Waals surface area contributed by atoms with Gasteiger partial charge in [0.05, 0.1) is 11.4 Å². The Morgan fingerprint density at radius 2 is 2.04 bits per heavy atom. The predicted molar refractivity (Wildman–Crippen MR) is 90.5 cm³/mol. The Balaban J connectivity index is 1.55. The fourth-order valence-corrected chi connectivity index (χ4v) is 4.18. The number of H-pyrrole nitrogens is 1. The molecule has 3 heterocycles. The Morgan fingerprint density at radius 1 is 1.26 bits per heavy atom. The lowest BCUT2D eigenvalue weighted by atomic mass is 10.1. The van der Waals surface area contributed by atoms with Crippen molar-refractivity contribution in [2.75, 3.05) is 36.0 Å². The van der Waals surface area contributed by atoms with Crippen molar-refractivity contribution >= 4 is 40.3 Å². The Morgan fingerprint density at radius 3 is 2.87 bits per heavy atom. The molecule has 23 heavy (non-hydrogen) atoms. The normalized spacial score (nSPS) is 22.1. The number of para-hydroxylation sites is 1. The Hall–Kier alpha value is -2.02. The number of fused-ring (bicyclic) bond motifs is 1. The second-order valence-electron chi connectivity index (χ2n) is 5.94. The molecule has 1 N–H and O–H groups in total. The number of rotatable bonds is 2. The first-order chi connectivity index (χ1) is 11.2. The zero-order chi connectivity index (χ0) is 15.8. The summed E-state index contributed by atoms with van der Waals surface area (Å²) in [4.78, 5) is 28.6. The van der Waals surface area contributed by atoms with Gasteiger partial charge in [-0.25, -0.2) is 0 Å². The van der Waals surface area contributed by atoms with E-state index < -0.39 is 0 Å². The third-order valence-corrected chi connectivity index (χ3v) is 5.45. The molecule has 6 nitrogen and oxygen atoms in total. The fraction of sp³-hybridized carbons (Fsp3) is 0.438.